The molecular weight excluding hydrogens is 425 g/mol. The highest BCUT2D eigenvalue weighted by atomic mass is 19.1. The first kappa shape index (κ1) is 20.9. The zero-order valence-electron chi connectivity index (χ0n) is 18.5. The summed E-state index contributed by atoms with van der Waals surface area (Å²) in [4.78, 5) is 19.6. The Kier molecular flexibility index (Phi) is 5.16. The van der Waals surface area contributed by atoms with E-state index in [0.717, 1.165) is 16.8 Å². The molecule has 8 nitrogen and oxygen atoms in total. The van der Waals surface area contributed by atoms with Crippen molar-refractivity contribution in [1.29, 1.82) is 0 Å². The Balaban J connectivity index is 1.45. The van der Waals surface area contributed by atoms with Crippen LogP contribution in [0.1, 0.15) is 27.2 Å². The molecule has 0 aliphatic carbocycles. The van der Waals surface area contributed by atoms with Crippen molar-refractivity contribution in [1.82, 2.24) is 24.8 Å². The molecule has 3 heterocycles. The van der Waals surface area contributed by atoms with E-state index in [4.69, 9.17) is 9.26 Å². The molecular formula is C24H22FN5O3. The van der Waals surface area contributed by atoms with Crippen LogP contribution in [0.25, 0.3) is 23.0 Å². The van der Waals surface area contributed by atoms with Gasteiger partial charge in [0.05, 0.1) is 13.7 Å². The topological polar surface area (TPSA) is 86.3 Å². The van der Waals surface area contributed by atoms with Gasteiger partial charge in [0.25, 0.3) is 11.8 Å². The number of hydrogen-bond acceptors (Lipinski definition) is 6. The summed E-state index contributed by atoms with van der Waals surface area (Å²) in [6, 6.07) is 11.3. The number of rotatable bonds is 4. The van der Waals surface area contributed by atoms with Crippen LogP contribution in [0, 0.1) is 12.7 Å². The monoisotopic (exact) mass is 447 g/mol. The molecule has 1 aliphatic heterocycles. The lowest BCUT2D eigenvalue weighted by atomic mass is 10.0. The Hall–Kier alpha value is -4.01. The number of halogens is 1. The predicted octanol–water partition coefficient (Wildman–Crippen LogP) is 3.79. The molecule has 9 heteroatoms. The van der Waals surface area contributed by atoms with Crippen molar-refractivity contribution in [3.05, 3.63) is 70.7 Å². The van der Waals surface area contributed by atoms with Crippen LogP contribution in [0.4, 0.5) is 4.39 Å². The molecule has 0 bridgehead atoms. The highest BCUT2D eigenvalue weighted by Crippen LogP contribution is 2.31. The first-order valence-corrected chi connectivity index (χ1v) is 10.5. The molecule has 4 aromatic rings. The number of methoxy groups -OCH3 is 1. The molecule has 0 unspecified atom stereocenters. The molecule has 0 spiro atoms. The average molecular weight is 447 g/mol. The van der Waals surface area contributed by atoms with Crippen LogP contribution in [0.15, 0.2) is 47.0 Å². The summed E-state index contributed by atoms with van der Waals surface area (Å²) in [5.41, 5.74) is 4.61. The van der Waals surface area contributed by atoms with Crippen LogP contribution in [-0.2, 0) is 20.0 Å². The van der Waals surface area contributed by atoms with Gasteiger partial charge in [-0.3, -0.25) is 9.48 Å². The lowest BCUT2D eigenvalue weighted by molar-refractivity contribution is 0.0733. The summed E-state index contributed by atoms with van der Waals surface area (Å²) in [5, 5.41) is 8.63. The summed E-state index contributed by atoms with van der Waals surface area (Å²) in [6.45, 7) is 2.87. The minimum absolute atomic E-state index is 0.0480. The Bertz CT molecular complexity index is 1340. The Morgan fingerprint density at radius 1 is 1.18 bits per heavy atom. The summed E-state index contributed by atoms with van der Waals surface area (Å²) in [6.07, 6.45) is 0.665. The number of aryl methyl sites for hydroxylation is 2. The second kappa shape index (κ2) is 8.16. The van der Waals surface area contributed by atoms with Gasteiger partial charge in [-0.25, -0.2) is 4.39 Å². The number of fused-ring (bicyclic) bond motifs is 1. The number of aromatic nitrogens is 4. The lowest BCUT2D eigenvalue weighted by Crippen LogP contribution is -2.36. The summed E-state index contributed by atoms with van der Waals surface area (Å²) in [5.74, 6) is 0.947. The second-order valence-electron chi connectivity index (χ2n) is 7.99. The van der Waals surface area contributed by atoms with Crippen molar-refractivity contribution in [2.45, 2.75) is 19.9 Å². The maximum atomic E-state index is 13.3. The minimum Gasteiger partial charge on any atom is -0.497 e. The Morgan fingerprint density at radius 3 is 2.70 bits per heavy atom. The fourth-order valence-corrected chi connectivity index (χ4v) is 4.15. The molecule has 0 radical (unpaired) electrons. The van der Waals surface area contributed by atoms with E-state index in [1.807, 2.05) is 20.0 Å². The standard InChI is InChI=1S/C24H22FN5O3/c1-14-12-17(32-3)8-9-18(14)24(31)30-11-10-20-19(13-30)21(27-29(20)2)23-26-22(28-33-23)15-4-6-16(25)7-5-15/h4-9,12H,10-11,13H2,1-3H3. The van der Waals surface area contributed by atoms with Crippen LogP contribution >= 0.6 is 0 Å². The SMILES string of the molecule is COc1ccc(C(=O)N2CCc3c(c(-c4nc(-c5ccc(F)cc5)no4)nn3C)C2)c(C)c1. The van der Waals surface area contributed by atoms with E-state index >= 15 is 0 Å². The van der Waals surface area contributed by atoms with Gasteiger partial charge in [0.2, 0.25) is 5.82 Å². The molecule has 0 fully saturated rings. The van der Waals surface area contributed by atoms with Crippen LogP contribution in [0.5, 0.6) is 5.75 Å². The van der Waals surface area contributed by atoms with Gasteiger partial charge in [0.15, 0.2) is 5.69 Å². The molecule has 1 amide bonds. The third-order valence-electron chi connectivity index (χ3n) is 5.92. The van der Waals surface area contributed by atoms with Crippen molar-refractivity contribution >= 4 is 5.91 Å². The van der Waals surface area contributed by atoms with Gasteiger partial charge in [0, 0.05) is 42.4 Å². The third kappa shape index (κ3) is 3.75. The number of amides is 1. The Morgan fingerprint density at radius 2 is 1.97 bits per heavy atom. The normalized spacial score (nSPS) is 13.2. The maximum Gasteiger partial charge on any atom is 0.279 e. The van der Waals surface area contributed by atoms with E-state index in [9.17, 15) is 9.18 Å². The highest BCUT2D eigenvalue weighted by molar-refractivity contribution is 5.96. The van der Waals surface area contributed by atoms with Gasteiger partial charge >= 0.3 is 0 Å². The summed E-state index contributed by atoms with van der Waals surface area (Å²) >= 11 is 0. The van der Waals surface area contributed by atoms with Crippen LogP contribution < -0.4 is 4.74 Å². The first-order valence-electron chi connectivity index (χ1n) is 10.5. The van der Waals surface area contributed by atoms with Gasteiger partial charge in [-0.15, -0.1) is 0 Å². The molecule has 1 aliphatic rings. The summed E-state index contributed by atoms with van der Waals surface area (Å²) < 4.78 is 25.8. The summed E-state index contributed by atoms with van der Waals surface area (Å²) in [7, 11) is 3.47. The smallest absolute Gasteiger partial charge is 0.279 e. The van der Waals surface area contributed by atoms with E-state index in [-0.39, 0.29) is 17.6 Å². The van der Waals surface area contributed by atoms with Crippen molar-refractivity contribution in [3.63, 3.8) is 0 Å². The van der Waals surface area contributed by atoms with E-state index < -0.39 is 0 Å². The fraction of sp³-hybridized carbons (Fsp3) is 0.250. The van der Waals surface area contributed by atoms with Crippen molar-refractivity contribution in [3.8, 4) is 28.7 Å². The predicted molar refractivity (Wildman–Crippen MR) is 118 cm³/mol. The minimum atomic E-state index is -0.335. The van der Waals surface area contributed by atoms with Gasteiger partial charge < -0.3 is 14.2 Å². The van der Waals surface area contributed by atoms with Gasteiger partial charge in [0.1, 0.15) is 11.6 Å². The molecule has 33 heavy (non-hydrogen) atoms. The van der Waals surface area contributed by atoms with E-state index in [1.165, 1.54) is 12.1 Å². The van der Waals surface area contributed by atoms with Gasteiger partial charge in [-0.1, -0.05) is 5.16 Å². The Labute approximate surface area is 189 Å². The van der Waals surface area contributed by atoms with Gasteiger partial charge in [-0.05, 0) is 55.0 Å². The molecule has 5 rings (SSSR count). The number of hydrogen-bond donors (Lipinski definition) is 0. The van der Waals surface area contributed by atoms with E-state index in [1.54, 1.807) is 41.0 Å². The molecule has 0 saturated heterocycles. The zero-order chi connectivity index (χ0) is 23.1. The van der Waals surface area contributed by atoms with Crippen LogP contribution in [0.2, 0.25) is 0 Å². The van der Waals surface area contributed by atoms with Crippen LogP contribution in [-0.4, -0.2) is 44.4 Å². The highest BCUT2D eigenvalue weighted by Gasteiger charge is 2.30. The number of nitrogens with zero attached hydrogens (tertiary/aromatic N) is 5. The maximum absolute atomic E-state index is 13.3. The fourth-order valence-electron chi connectivity index (χ4n) is 4.15. The molecule has 0 atom stereocenters. The first-order chi connectivity index (χ1) is 15.9. The quantitative estimate of drug-likeness (QED) is 0.473. The third-order valence-corrected chi connectivity index (χ3v) is 5.92. The molecule has 2 aromatic carbocycles. The number of carbonyl (C=O) groups excluding carboxylic acids is 1. The van der Waals surface area contributed by atoms with Crippen LogP contribution in [0.3, 0.4) is 0 Å². The van der Waals surface area contributed by atoms with E-state index in [0.29, 0.717) is 47.9 Å². The number of ether oxygens (including phenoxy) is 1. The molecule has 0 N–H and O–H groups in total. The molecule has 168 valence electrons. The van der Waals surface area contributed by atoms with Crippen molar-refractivity contribution in [2.75, 3.05) is 13.7 Å². The van der Waals surface area contributed by atoms with Gasteiger partial charge in [-0.2, -0.15) is 10.1 Å². The number of benzene rings is 2. The average Bonchev–Trinajstić information content (AvgIpc) is 3.43. The lowest BCUT2D eigenvalue weighted by Gasteiger charge is -2.28. The zero-order valence-corrected chi connectivity index (χ0v) is 18.5. The van der Waals surface area contributed by atoms with E-state index in [2.05, 4.69) is 15.2 Å². The largest absolute Gasteiger partial charge is 0.497 e. The van der Waals surface area contributed by atoms with Crippen molar-refractivity contribution in [2.24, 2.45) is 7.05 Å². The second-order valence-corrected chi connectivity index (χ2v) is 7.99. The molecule has 0 saturated carbocycles. The van der Waals surface area contributed by atoms with Crippen molar-refractivity contribution < 1.29 is 18.4 Å². The number of carbonyl (C=O) groups is 1. The molecule has 2 aromatic heterocycles.